The van der Waals surface area contributed by atoms with Gasteiger partial charge in [0, 0.05) is 17.8 Å². The Kier molecular flexibility index (Phi) is 4.67. The lowest BCUT2D eigenvalue weighted by Gasteiger charge is -2.12. The summed E-state index contributed by atoms with van der Waals surface area (Å²) in [5.74, 6) is 6.92. The van der Waals surface area contributed by atoms with Crippen molar-refractivity contribution in [3.05, 3.63) is 40.3 Å². The zero-order valence-electron chi connectivity index (χ0n) is 12.2. The molecule has 1 aromatic carbocycles. The lowest BCUT2D eigenvalue weighted by Crippen LogP contribution is -2.28. The first kappa shape index (κ1) is 15.0. The number of anilines is 1. The van der Waals surface area contributed by atoms with E-state index in [-0.39, 0.29) is 0 Å². The minimum Gasteiger partial charge on any atom is -0.487 e. The van der Waals surface area contributed by atoms with Crippen LogP contribution < -0.4 is 20.9 Å². The molecule has 1 aromatic heterocycles. The molecule has 1 atom stereocenters. The van der Waals surface area contributed by atoms with Gasteiger partial charge in [0.25, 0.3) is 0 Å². The first-order chi connectivity index (χ1) is 10.8. The van der Waals surface area contributed by atoms with Crippen molar-refractivity contribution in [1.29, 1.82) is 5.41 Å². The van der Waals surface area contributed by atoms with Crippen molar-refractivity contribution in [2.75, 3.05) is 18.1 Å². The van der Waals surface area contributed by atoms with Crippen LogP contribution in [0.4, 0.5) is 5.69 Å². The van der Waals surface area contributed by atoms with Crippen LogP contribution >= 0.6 is 11.3 Å². The molecule has 0 aliphatic carbocycles. The molecular weight excluding hydrogens is 298 g/mol. The van der Waals surface area contributed by atoms with Crippen LogP contribution in [-0.4, -0.2) is 24.4 Å². The van der Waals surface area contributed by atoms with Crippen molar-refractivity contribution in [2.24, 2.45) is 5.84 Å². The molecule has 116 valence electrons. The number of aromatic nitrogens is 1. The van der Waals surface area contributed by atoms with E-state index in [4.69, 9.17) is 16.0 Å². The first-order valence-corrected chi connectivity index (χ1v) is 8.06. The second kappa shape index (κ2) is 6.87. The Morgan fingerprint density at radius 2 is 2.27 bits per heavy atom. The summed E-state index contributed by atoms with van der Waals surface area (Å²) in [5, 5.41) is 15.0. The fourth-order valence-electron chi connectivity index (χ4n) is 2.39. The smallest absolute Gasteiger partial charge is 0.131 e. The molecule has 0 saturated carbocycles. The van der Waals surface area contributed by atoms with E-state index >= 15 is 0 Å². The summed E-state index contributed by atoms with van der Waals surface area (Å²) in [6, 6.07) is 7.31. The molecule has 4 N–H and O–H groups in total. The second-order valence-electron chi connectivity index (χ2n) is 5.19. The summed E-state index contributed by atoms with van der Waals surface area (Å²) in [6.45, 7) is 2.57. The maximum Gasteiger partial charge on any atom is 0.131 e. The quantitative estimate of drug-likeness (QED) is 0.329. The van der Waals surface area contributed by atoms with Gasteiger partial charge >= 0.3 is 0 Å². The topological polar surface area (TPSA) is 87.3 Å². The summed E-state index contributed by atoms with van der Waals surface area (Å²) in [7, 11) is 0. The highest BCUT2D eigenvalue weighted by Crippen LogP contribution is 2.26. The molecule has 22 heavy (non-hydrogen) atoms. The highest BCUT2D eigenvalue weighted by atomic mass is 32.1. The zero-order chi connectivity index (χ0) is 15.4. The van der Waals surface area contributed by atoms with Crippen LogP contribution in [-0.2, 0) is 6.61 Å². The van der Waals surface area contributed by atoms with E-state index in [1.807, 2.05) is 24.3 Å². The SMILES string of the molecule is N=CN(N)c1ccc(OCc2csc(C3CCNC3)n2)cc1. The Morgan fingerprint density at radius 1 is 1.45 bits per heavy atom. The van der Waals surface area contributed by atoms with Crippen LogP contribution in [0.3, 0.4) is 0 Å². The predicted octanol–water partition coefficient (Wildman–Crippen LogP) is 2.09. The van der Waals surface area contributed by atoms with Gasteiger partial charge < -0.3 is 10.1 Å². The van der Waals surface area contributed by atoms with Gasteiger partial charge in [0.05, 0.1) is 16.4 Å². The third-order valence-corrected chi connectivity index (χ3v) is 4.70. The number of rotatable bonds is 6. The van der Waals surface area contributed by atoms with Gasteiger partial charge in [-0.1, -0.05) is 0 Å². The maximum absolute atomic E-state index is 7.10. The van der Waals surface area contributed by atoms with Crippen molar-refractivity contribution in [1.82, 2.24) is 10.3 Å². The van der Waals surface area contributed by atoms with Crippen LogP contribution in [0.25, 0.3) is 0 Å². The Hall–Kier alpha value is -1.96. The van der Waals surface area contributed by atoms with Crippen molar-refractivity contribution >= 4 is 23.4 Å². The van der Waals surface area contributed by atoms with E-state index in [0.29, 0.717) is 12.5 Å². The standard InChI is InChI=1S/C15H19N5OS/c16-10-20(17)13-1-3-14(4-2-13)21-8-12-9-22-15(19-12)11-5-6-18-7-11/h1-4,9-11,16,18H,5-8,17H2. The summed E-state index contributed by atoms with van der Waals surface area (Å²) < 4.78 is 5.75. The van der Waals surface area contributed by atoms with Gasteiger partial charge in [-0.05, 0) is 37.2 Å². The van der Waals surface area contributed by atoms with Gasteiger partial charge in [-0.15, -0.1) is 11.3 Å². The number of hydrogen-bond acceptors (Lipinski definition) is 6. The molecule has 0 radical (unpaired) electrons. The highest BCUT2D eigenvalue weighted by Gasteiger charge is 2.19. The predicted molar refractivity (Wildman–Crippen MR) is 88.6 cm³/mol. The van der Waals surface area contributed by atoms with E-state index in [0.717, 1.165) is 43.0 Å². The molecule has 1 saturated heterocycles. The maximum atomic E-state index is 7.10. The van der Waals surface area contributed by atoms with E-state index in [2.05, 4.69) is 15.7 Å². The first-order valence-electron chi connectivity index (χ1n) is 7.18. The van der Waals surface area contributed by atoms with Crippen LogP contribution in [0.1, 0.15) is 23.0 Å². The number of ether oxygens (including phenoxy) is 1. The molecule has 7 heteroatoms. The molecule has 1 fully saturated rings. The zero-order valence-corrected chi connectivity index (χ0v) is 13.0. The fraction of sp³-hybridized carbons (Fsp3) is 0.333. The molecule has 6 nitrogen and oxygen atoms in total. The summed E-state index contributed by atoms with van der Waals surface area (Å²) in [6.07, 6.45) is 2.22. The lowest BCUT2D eigenvalue weighted by molar-refractivity contribution is 0.302. The van der Waals surface area contributed by atoms with Gasteiger partial charge in [0.15, 0.2) is 0 Å². The molecule has 2 heterocycles. The molecule has 0 amide bonds. The summed E-state index contributed by atoms with van der Waals surface area (Å²) in [5.41, 5.74) is 1.71. The van der Waals surface area contributed by atoms with E-state index < -0.39 is 0 Å². The minimum absolute atomic E-state index is 0.465. The Labute approximate surface area is 133 Å². The highest BCUT2D eigenvalue weighted by molar-refractivity contribution is 7.09. The molecule has 2 aromatic rings. The molecule has 0 spiro atoms. The molecular formula is C15H19N5OS. The fourth-order valence-corrected chi connectivity index (χ4v) is 3.33. The molecule has 1 aliphatic heterocycles. The number of nitrogens with two attached hydrogens (primary N) is 1. The number of hydrazine groups is 1. The average Bonchev–Trinajstić information content (AvgIpc) is 3.23. The van der Waals surface area contributed by atoms with Crippen molar-refractivity contribution in [3.8, 4) is 5.75 Å². The third-order valence-electron chi connectivity index (χ3n) is 3.64. The van der Waals surface area contributed by atoms with Crippen molar-refractivity contribution < 1.29 is 4.74 Å². The van der Waals surface area contributed by atoms with Gasteiger partial charge in [-0.3, -0.25) is 10.4 Å². The number of benzene rings is 1. The number of nitrogens with zero attached hydrogens (tertiary/aromatic N) is 2. The minimum atomic E-state index is 0.465. The van der Waals surface area contributed by atoms with Crippen molar-refractivity contribution in [2.45, 2.75) is 18.9 Å². The monoisotopic (exact) mass is 317 g/mol. The number of hydrogen-bond donors (Lipinski definition) is 3. The van der Waals surface area contributed by atoms with E-state index in [1.54, 1.807) is 11.3 Å². The van der Waals surface area contributed by atoms with Crippen LogP contribution in [0.5, 0.6) is 5.75 Å². The summed E-state index contributed by atoms with van der Waals surface area (Å²) in [4.78, 5) is 4.66. The third kappa shape index (κ3) is 3.44. The normalized spacial score (nSPS) is 17.4. The lowest BCUT2D eigenvalue weighted by atomic mass is 10.1. The molecule has 1 aliphatic rings. The Bertz CT molecular complexity index is 621. The number of thiazole rings is 1. The Balaban J connectivity index is 1.57. The molecule has 3 rings (SSSR count). The molecule has 0 bridgehead atoms. The Morgan fingerprint density at radius 3 is 2.95 bits per heavy atom. The van der Waals surface area contributed by atoms with Crippen LogP contribution in [0, 0.1) is 5.41 Å². The van der Waals surface area contributed by atoms with E-state index in [9.17, 15) is 0 Å². The second-order valence-corrected chi connectivity index (χ2v) is 6.08. The van der Waals surface area contributed by atoms with Crippen molar-refractivity contribution in [3.63, 3.8) is 0 Å². The average molecular weight is 317 g/mol. The van der Waals surface area contributed by atoms with Gasteiger partial charge in [-0.25, -0.2) is 10.8 Å². The van der Waals surface area contributed by atoms with Crippen LogP contribution in [0.15, 0.2) is 29.6 Å². The largest absolute Gasteiger partial charge is 0.487 e. The van der Waals surface area contributed by atoms with Gasteiger partial charge in [0.2, 0.25) is 0 Å². The van der Waals surface area contributed by atoms with Gasteiger partial charge in [-0.2, -0.15) is 0 Å². The van der Waals surface area contributed by atoms with E-state index in [1.165, 1.54) is 10.0 Å². The van der Waals surface area contributed by atoms with Gasteiger partial charge in [0.1, 0.15) is 18.7 Å². The van der Waals surface area contributed by atoms with Crippen LogP contribution in [0.2, 0.25) is 0 Å². The molecule has 1 unspecified atom stereocenters. The number of nitrogens with one attached hydrogen (secondary N) is 2. The summed E-state index contributed by atoms with van der Waals surface area (Å²) >= 11 is 1.71.